The van der Waals surface area contributed by atoms with Gasteiger partial charge in [-0.1, -0.05) is 6.92 Å². The van der Waals surface area contributed by atoms with Crippen LogP contribution in [0, 0.1) is 0 Å². The predicted octanol–water partition coefficient (Wildman–Crippen LogP) is 1.03. The van der Waals surface area contributed by atoms with Crippen LogP contribution in [-0.2, 0) is 14.3 Å². The molecular weight excluding hydrogens is 244 g/mol. The number of esters is 1. The quantitative estimate of drug-likeness (QED) is 0.702. The van der Waals surface area contributed by atoms with Gasteiger partial charge in [0.05, 0.1) is 12.2 Å². The van der Waals surface area contributed by atoms with Crippen molar-refractivity contribution in [3.63, 3.8) is 0 Å². The van der Waals surface area contributed by atoms with Gasteiger partial charge in [0.25, 0.3) is 0 Å². The van der Waals surface area contributed by atoms with Crippen molar-refractivity contribution < 1.29 is 14.3 Å². The summed E-state index contributed by atoms with van der Waals surface area (Å²) < 4.78 is 10.7. The number of piperidine rings is 1. The molecule has 0 aromatic carbocycles. The molecule has 0 radical (unpaired) electrons. The second-order valence-electron chi connectivity index (χ2n) is 5.36. The lowest BCUT2D eigenvalue weighted by molar-refractivity contribution is -0.146. The summed E-state index contributed by atoms with van der Waals surface area (Å²) in [5.41, 5.74) is -0.0936. The average molecular weight is 272 g/mol. The lowest BCUT2D eigenvalue weighted by atomic mass is 9.94. The molecule has 5 heteroatoms. The Bertz CT molecular complexity index is 286. The summed E-state index contributed by atoms with van der Waals surface area (Å²) >= 11 is 0. The maximum atomic E-state index is 11.9. The molecule has 1 saturated heterocycles. The average Bonchev–Trinajstić information content (AvgIpc) is 2.39. The van der Waals surface area contributed by atoms with E-state index in [0.717, 1.165) is 32.5 Å². The van der Waals surface area contributed by atoms with Crippen molar-refractivity contribution >= 4 is 5.97 Å². The molecule has 1 heterocycles. The van der Waals surface area contributed by atoms with E-state index >= 15 is 0 Å². The number of hydrogen-bond donors (Lipinski definition) is 1. The Kier molecular flexibility index (Phi) is 6.75. The fourth-order valence-corrected chi connectivity index (χ4v) is 2.60. The monoisotopic (exact) mass is 272 g/mol. The maximum absolute atomic E-state index is 11.9. The fraction of sp³-hybridized carbons (Fsp3) is 0.929. The predicted molar refractivity (Wildman–Crippen MR) is 75.2 cm³/mol. The van der Waals surface area contributed by atoms with E-state index in [0.29, 0.717) is 13.2 Å². The molecule has 0 aliphatic carbocycles. The van der Waals surface area contributed by atoms with Crippen LogP contribution in [0.15, 0.2) is 0 Å². The number of carbonyl (C=O) groups excluding carboxylic acids is 1. The second-order valence-corrected chi connectivity index (χ2v) is 5.36. The Morgan fingerprint density at radius 3 is 2.79 bits per heavy atom. The Labute approximate surface area is 116 Å². The van der Waals surface area contributed by atoms with E-state index in [1.54, 1.807) is 7.11 Å². The lowest BCUT2D eigenvalue weighted by Crippen LogP contribution is -2.53. The molecule has 2 unspecified atom stereocenters. The number of ether oxygens (including phenoxy) is 2. The van der Waals surface area contributed by atoms with Crippen molar-refractivity contribution in [2.24, 2.45) is 0 Å². The third-order valence-electron chi connectivity index (χ3n) is 3.69. The molecule has 1 fully saturated rings. The van der Waals surface area contributed by atoms with Crippen LogP contribution in [0.2, 0.25) is 0 Å². The van der Waals surface area contributed by atoms with Crippen molar-refractivity contribution in [2.45, 2.75) is 45.3 Å². The first-order valence-corrected chi connectivity index (χ1v) is 7.22. The minimum atomic E-state index is -0.246. The highest BCUT2D eigenvalue weighted by Crippen LogP contribution is 2.23. The third-order valence-corrected chi connectivity index (χ3v) is 3.69. The minimum absolute atomic E-state index is 0.0936. The molecule has 0 aromatic rings. The molecule has 112 valence electrons. The molecule has 0 spiro atoms. The second kappa shape index (κ2) is 7.82. The Hall–Kier alpha value is -0.650. The summed E-state index contributed by atoms with van der Waals surface area (Å²) in [6.07, 6.45) is 2.18. The van der Waals surface area contributed by atoms with Gasteiger partial charge in [-0.2, -0.15) is 0 Å². The maximum Gasteiger partial charge on any atom is 0.324 e. The Morgan fingerprint density at radius 2 is 2.21 bits per heavy atom. The van der Waals surface area contributed by atoms with Crippen LogP contribution < -0.4 is 5.32 Å². The number of nitrogens with zero attached hydrogens (tertiary/aromatic N) is 1. The van der Waals surface area contributed by atoms with E-state index in [1.165, 1.54) is 0 Å². The first-order chi connectivity index (χ1) is 9.04. The first kappa shape index (κ1) is 16.4. The van der Waals surface area contributed by atoms with Crippen LogP contribution >= 0.6 is 0 Å². The topological polar surface area (TPSA) is 50.8 Å². The third kappa shape index (κ3) is 5.09. The molecule has 1 aliphatic rings. The molecule has 0 amide bonds. The number of hydrogen-bond acceptors (Lipinski definition) is 5. The van der Waals surface area contributed by atoms with Crippen molar-refractivity contribution in [3.8, 4) is 0 Å². The van der Waals surface area contributed by atoms with Crippen molar-refractivity contribution in [2.75, 3.05) is 39.9 Å². The lowest BCUT2D eigenvalue weighted by Gasteiger charge is -2.40. The van der Waals surface area contributed by atoms with Crippen LogP contribution in [0.1, 0.15) is 33.6 Å². The highest BCUT2D eigenvalue weighted by atomic mass is 16.5. The molecule has 1 N–H and O–H groups in total. The van der Waals surface area contributed by atoms with E-state index in [1.807, 2.05) is 13.8 Å². The zero-order valence-electron chi connectivity index (χ0n) is 12.7. The molecule has 19 heavy (non-hydrogen) atoms. The van der Waals surface area contributed by atoms with E-state index in [9.17, 15) is 4.79 Å². The van der Waals surface area contributed by atoms with Gasteiger partial charge in [-0.05, 0) is 39.8 Å². The van der Waals surface area contributed by atoms with Crippen molar-refractivity contribution in [1.29, 1.82) is 0 Å². The van der Waals surface area contributed by atoms with Gasteiger partial charge in [-0.15, -0.1) is 0 Å². The summed E-state index contributed by atoms with van der Waals surface area (Å²) in [6, 6.07) is -0.246. The van der Waals surface area contributed by atoms with Crippen LogP contribution in [0.25, 0.3) is 0 Å². The Balaban J connectivity index is 2.55. The smallest absolute Gasteiger partial charge is 0.324 e. The number of rotatable bonds is 7. The van der Waals surface area contributed by atoms with Gasteiger partial charge >= 0.3 is 5.97 Å². The first-order valence-electron chi connectivity index (χ1n) is 7.22. The molecular formula is C14H28N2O3. The number of likely N-dealkylation sites (N-methyl/N-ethyl adjacent to an activating group) is 1. The molecule has 0 saturated carbocycles. The zero-order valence-corrected chi connectivity index (χ0v) is 12.7. The largest absolute Gasteiger partial charge is 0.465 e. The summed E-state index contributed by atoms with van der Waals surface area (Å²) in [5, 5.41) is 3.20. The molecule has 1 aliphatic heterocycles. The van der Waals surface area contributed by atoms with Crippen LogP contribution in [0.4, 0.5) is 0 Å². The highest BCUT2D eigenvalue weighted by Gasteiger charge is 2.32. The zero-order chi connectivity index (χ0) is 14.3. The summed E-state index contributed by atoms with van der Waals surface area (Å²) in [4.78, 5) is 14.2. The summed E-state index contributed by atoms with van der Waals surface area (Å²) in [7, 11) is 1.76. The number of likely N-dealkylation sites (tertiary alicyclic amines) is 1. The summed E-state index contributed by atoms with van der Waals surface area (Å²) in [5.74, 6) is -0.158. The van der Waals surface area contributed by atoms with E-state index < -0.39 is 0 Å². The number of nitrogens with one attached hydrogen (secondary N) is 1. The van der Waals surface area contributed by atoms with Crippen LogP contribution in [-0.4, -0.2) is 62.4 Å². The normalized spacial score (nSPS) is 26.1. The SMILES string of the molecule is CCNC(CN1CCCC(C)(OC)C1)C(=O)OCC. The number of carbonyl (C=O) groups is 1. The highest BCUT2D eigenvalue weighted by molar-refractivity contribution is 5.76. The molecule has 5 nitrogen and oxygen atoms in total. The number of methoxy groups -OCH3 is 1. The van der Waals surface area contributed by atoms with Gasteiger partial charge in [0.2, 0.25) is 0 Å². The molecule has 0 bridgehead atoms. The molecule has 2 atom stereocenters. The van der Waals surface area contributed by atoms with E-state index in [4.69, 9.17) is 9.47 Å². The minimum Gasteiger partial charge on any atom is -0.465 e. The van der Waals surface area contributed by atoms with Gasteiger partial charge in [0.15, 0.2) is 0 Å². The molecule has 1 rings (SSSR count). The Morgan fingerprint density at radius 1 is 1.47 bits per heavy atom. The fourth-order valence-electron chi connectivity index (χ4n) is 2.60. The van der Waals surface area contributed by atoms with Gasteiger partial charge in [-0.3, -0.25) is 9.69 Å². The van der Waals surface area contributed by atoms with Gasteiger partial charge in [-0.25, -0.2) is 0 Å². The standard InChI is InChI=1S/C14H28N2O3/c1-5-15-12(13(17)19-6-2)10-16-9-7-8-14(3,11-16)18-4/h12,15H,5-11H2,1-4H3. The van der Waals surface area contributed by atoms with Crippen molar-refractivity contribution in [3.05, 3.63) is 0 Å². The van der Waals surface area contributed by atoms with Gasteiger partial charge in [0.1, 0.15) is 6.04 Å². The van der Waals surface area contributed by atoms with Gasteiger partial charge in [0, 0.05) is 20.2 Å². The van der Waals surface area contributed by atoms with Crippen LogP contribution in [0.3, 0.4) is 0 Å². The van der Waals surface area contributed by atoms with E-state index in [-0.39, 0.29) is 17.6 Å². The summed E-state index contributed by atoms with van der Waals surface area (Å²) in [6.45, 7) is 9.73. The van der Waals surface area contributed by atoms with E-state index in [2.05, 4.69) is 17.1 Å². The van der Waals surface area contributed by atoms with Gasteiger partial charge < -0.3 is 14.8 Å². The van der Waals surface area contributed by atoms with Crippen molar-refractivity contribution in [1.82, 2.24) is 10.2 Å². The van der Waals surface area contributed by atoms with Crippen LogP contribution in [0.5, 0.6) is 0 Å². The molecule has 0 aromatic heterocycles.